The summed E-state index contributed by atoms with van der Waals surface area (Å²) in [6.45, 7) is 0. The van der Waals surface area contributed by atoms with Crippen molar-refractivity contribution in [2.24, 2.45) is 0 Å². The predicted octanol–water partition coefficient (Wildman–Crippen LogP) is 3.72. The molecule has 4 rings (SSSR count). The Kier molecular flexibility index (Phi) is 3.20. The lowest BCUT2D eigenvalue weighted by molar-refractivity contribution is 0.371. The first kappa shape index (κ1) is 14.3. The second-order valence-electron chi connectivity index (χ2n) is 5.38. The average Bonchev–Trinajstić information content (AvgIpc) is 2.61. The van der Waals surface area contributed by atoms with E-state index in [0.29, 0.717) is 11.1 Å². The lowest BCUT2D eigenvalue weighted by Crippen LogP contribution is -2.01. The van der Waals surface area contributed by atoms with Crippen molar-refractivity contribution in [3.63, 3.8) is 0 Å². The van der Waals surface area contributed by atoms with Crippen LogP contribution in [0.15, 0.2) is 63.9 Å². The number of fused-ring (bicyclic) bond motifs is 2. The van der Waals surface area contributed by atoms with Gasteiger partial charge in [-0.25, -0.2) is 0 Å². The summed E-state index contributed by atoms with van der Waals surface area (Å²) in [5, 5.41) is 11.2. The molecule has 2 heterocycles. The first-order valence-corrected chi connectivity index (χ1v) is 7.36. The van der Waals surface area contributed by atoms with E-state index in [2.05, 4.69) is 4.98 Å². The Hall–Kier alpha value is -3.34. The second-order valence-corrected chi connectivity index (χ2v) is 5.38. The smallest absolute Gasteiger partial charge is 0.204 e. The van der Waals surface area contributed by atoms with Crippen LogP contribution in [0.2, 0.25) is 0 Å². The Morgan fingerprint density at radius 3 is 2.83 bits per heavy atom. The van der Waals surface area contributed by atoms with Crippen molar-refractivity contribution in [1.82, 2.24) is 4.98 Å². The third-order valence-corrected chi connectivity index (χ3v) is 3.92. The van der Waals surface area contributed by atoms with E-state index in [9.17, 15) is 9.90 Å². The molecule has 0 amide bonds. The van der Waals surface area contributed by atoms with Crippen molar-refractivity contribution in [3.8, 4) is 22.8 Å². The van der Waals surface area contributed by atoms with Gasteiger partial charge in [-0.1, -0.05) is 6.07 Å². The van der Waals surface area contributed by atoms with E-state index in [0.717, 1.165) is 16.5 Å². The number of nitrogens with zero attached hydrogens (tertiary/aromatic N) is 1. The zero-order valence-corrected chi connectivity index (χ0v) is 12.8. The summed E-state index contributed by atoms with van der Waals surface area (Å²) in [5.74, 6) is 0.476. The Morgan fingerprint density at radius 2 is 2.00 bits per heavy atom. The van der Waals surface area contributed by atoms with Crippen LogP contribution >= 0.6 is 0 Å². The molecule has 0 unspecified atom stereocenters. The number of benzene rings is 2. The number of pyridine rings is 1. The van der Waals surface area contributed by atoms with E-state index in [1.54, 1.807) is 6.20 Å². The van der Waals surface area contributed by atoms with E-state index in [-0.39, 0.29) is 22.5 Å². The fourth-order valence-electron chi connectivity index (χ4n) is 2.75. The van der Waals surface area contributed by atoms with Gasteiger partial charge in [0.2, 0.25) is 5.75 Å². The maximum Gasteiger partial charge on any atom is 0.204 e. The zero-order valence-electron chi connectivity index (χ0n) is 12.8. The van der Waals surface area contributed by atoms with E-state index < -0.39 is 0 Å². The molecule has 0 bridgehead atoms. The minimum Gasteiger partial charge on any atom is -0.504 e. The van der Waals surface area contributed by atoms with Gasteiger partial charge in [-0.3, -0.25) is 9.78 Å². The highest BCUT2D eigenvalue weighted by Crippen LogP contribution is 2.35. The highest BCUT2D eigenvalue weighted by molar-refractivity contribution is 5.88. The normalized spacial score (nSPS) is 11.0. The van der Waals surface area contributed by atoms with Crippen LogP contribution in [0.25, 0.3) is 33.2 Å². The minimum atomic E-state index is -0.198. The SMILES string of the molecule is COc1c(O)ccc2c(=O)cc(-c3ccc4ncccc4c3)oc12. The fourth-order valence-corrected chi connectivity index (χ4v) is 2.75. The molecule has 2 aromatic heterocycles. The topological polar surface area (TPSA) is 72.6 Å². The van der Waals surface area contributed by atoms with Crippen molar-refractivity contribution in [3.05, 3.63) is 65.0 Å². The monoisotopic (exact) mass is 319 g/mol. The van der Waals surface area contributed by atoms with Crippen LogP contribution in [0.3, 0.4) is 0 Å². The summed E-state index contributed by atoms with van der Waals surface area (Å²) in [5.41, 5.74) is 1.64. The zero-order chi connectivity index (χ0) is 16.7. The summed E-state index contributed by atoms with van der Waals surface area (Å²) in [7, 11) is 1.42. The standard InChI is InChI=1S/C19H13NO4/c1-23-19-15(21)7-5-13-16(22)10-17(24-18(13)19)12-4-6-14-11(9-12)3-2-8-20-14/h2-10,21H,1H3. The first-order chi connectivity index (χ1) is 11.7. The molecule has 1 N–H and O–H groups in total. The van der Waals surface area contributed by atoms with Gasteiger partial charge in [-0.15, -0.1) is 0 Å². The van der Waals surface area contributed by atoms with Crippen LogP contribution in [0.5, 0.6) is 11.5 Å². The molecule has 0 aliphatic heterocycles. The van der Waals surface area contributed by atoms with Gasteiger partial charge in [0.1, 0.15) is 5.76 Å². The Labute approximate surface area is 136 Å². The fraction of sp³-hybridized carbons (Fsp3) is 0.0526. The number of aromatic hydroxyl groups is 1. The molecule has 0 radical (unpaired) electrons. The third kappa shape index (κ3) is 2.18. The molecule has 0 saturated heterocycles. The number of phenols is 1. The molecular weight excluding hydrogens is 306 g/mol. The first-order valence-electron chi connectivity index (χ1n) is 7.36. The molecule has 0 atom stereocenters. The van der Waals surface area contributed by atoms with Gasteiger partial charge in [0.05, 0.1) is 18.0 Å². The lowest BCUT2D eigenvalue weighted by atomic mass is 10.1. The number of aromatic nitrogens is 1. The number of hydrogen-bond donors (Lipinski definition) is 1. The number of rotatable bonds is 2. The summed E-state index contributed by atoms with van der Waals surface area (Å²) >= 11 is 0. The van der Waals surface area contributed by atoms with Gasteiger partial charge in [-0.2, -0.15) is 0 Å². The minimum absolute atomic E-state index is 0.0759. The summed E-state index contributed by atoms with van der Waals surface area (Å²) in [6, 6.07) is 13.8. The largest absolute Gasteiger partial charge is 0.504 e. The van der Waals surface area contributed by atoms with Gasteiger partial charge >= 0.3 is 0 Å². The number of hydrogen-bond acceptors (Lipinski definition) is 5. The van der Waals surface area contributed by atoms with Gasteiger partial charge in [0.25, 0.3) is 0 Å². The van der Waals surface area contributed by atoms with E-state index >= 15 is 0 Å². The van der Waals surface area contributed by atoms with Crippen molar-refractivity contribution >= 4 is 21.9 Å². The summed E-state index contributed by atoms with van der Waals surface area (Å²) < 4.78 is 11.1. The van der Waals surface area contributed by atoms with Crippen LogP contribution < -0.4 is 10.2 Å². The maximum atomic E-state index is 12.4. The quantitative estimate of drug-likeness (QED) is 0.609. The van der Waals surface area contributed by atoms with Crippen LogP contribution in [-0.4, -0.2) is 17.2 Å². The van der Waals surface area contributed by atoms with Crippen LogP contribution in [0, 0.1) is 0 Å². The predicted molar refractivity (Wildman–Crippen MR) is 91.4 cm³/mol. The maximum absolute atomic E-state index is 12.4. The number of ether oxygens (including phenoxy) is 1. The Bertz CT molecular complexity index is 1130. The Morgan fingerprint density at radius 1 is 1.12 bits per heavy atom. The van der Waals surface area contributed by atoms with E-state index in [1.807, 2.05) is 30.3 Å². The second kappa shape index (κ2) is 5.38. The van der Waals surface area contributed by atoms with Crippen molar-refractivity contribution in [2.75, 3.05) is 7.11 Å². The number of methoxy groups -OCH3 is 1. The molecule has 24 heavy (non-hydrogen) atoms. The van der Waals surface area contributed by atoms with Crippen molar-refractivity contribution in [1.29, 1.82) is 0 Å². The highest BCUT2D eigenvalue weighted by atomic mass is 16.5. The molecule has 4 aromatic rings. The van der Waals surface area contributed by atoms with Crippen LogP contribution in [0.1, 0.15) is 0 Å². The van der Waals surface area contributed by atoms with E-state index in [4.69, 9.17) is 9.15 Å². The molecule has 0 spiro atoms. The third-order valence-electron chi connectivity index (χ3n) is 3.92. The average molecular weight is 319 g/mol. The Balaban J connectivity index is 2.00. The van der Waals surface area contributed by atoms with Crippen molar-refractivity contribution < 1.29 is 14.3 Å². The molecule has 0 fully saturated rings. The highest BCUT2D eigenvalue weighted by Gasteiger charge is 2.14. The van der Waals surface area contributed by atoms with Gasteiger partial charge in [0, 0.05) is 23.2 Å². The molecule has 0 aliphatic rings. The summed E-state index contributed by atoms with van der Waals surface area (Å²) in [4.78, 5) is 16.7. The molecule has 5 nitrogen and oxygen atoms in total. The van der Waals surface area contributed by atoms with Crippen molar-refractivity contribution in [2.45, 2.75) is 0 Å². The molecule has 2 aromatic carbocycles. The van der Waals surface area contributed by atoms with Crippen LogP contribution in [0.4, 0.5) is 0 Å². The molecular formula is C19H13NO4. The molecule has 0 aliphatic carbocycles. The lowest BCUT2D eigenvalue weighted by Gasteiger charge is -2.09. The van der Waals surface area contributed by atoms with E-state index in [1.165, 1.54) is 25.3 Å². The molecule has 118 valence electrons. The van der Waals surface area contributed by atoms with Gasteiger partial charge < -0.3 is 14.3 Å². The molecule has 0 saturated carbocycles. The summed E-state index contributed by atoms with van der Waals surface area (Å²) in [6.07, 6.45) is 1.73. The molecule has 5 heteroatoms. The number of phenolic OH excluding ortho intramolecular Hbond substituents is 1. The van der Waals surface area contributed by atoms with Gasteiger partial charge in [-0.05, 0) is 36.4 Å². The van der Waals surface area contributed by atoms with Crippen LogP contribution in [-0.2, 0) is 0 Å². The van der Waals surface area contributed by atoms with Gasteiger partial charge in [0.15, 0.2) is 16.8 Å².